The van der Waals surface area contributed by atoms with E-state index in [1.807, 2.05) is 7.11 Å². The van der Waals surface area contributed by atoms with Gasteiger partial charge in [-0.05, 0) is 0 Å². The number of rotatable bonds is 1. The molecule has 2 heteroatoms. The van der Waals surface area contributed by atoms with Gasteiger partial charge in [-0.2, -0.15) is 0 Å². The van der Waals surface area contributed by atoms with Gasteiger partial charge in [0.15, 0.2) is 0 Å². The molecule has 0 fully saturated rings. The minimum atomic E-state index is -0.251. The van der Waals surface area contributed by atoms with E-state index in [4.69, 9.17) is 4.74 Å². The molecule has 1 heterocycles. The van der Waals surface area contributed by atoms with Crippen molar-refractivity contribution in [2.24, 2.45) is 5.41 Å². The number of methoxy groups -OCH3 is 1. The van der Waals surface area contributed by atoms with Crippen LogP contribution in [0.2, 0.25) is 0 Å². The molecule has 1 aliphatic rings. The number of ether oxygens (including phenoxy) is 1. The molecule has 1 aromatic rings. The second-order valence-electron chi connectivity index (χ2n) is 5.07. The van der Waals surface area contributed by atoms with Gasteiger partial charge < -0.3 is 0 Å². The molecule has 0 radical (unpaired) electrons. The third-order valence-corrected chi connectivity index (χ3v) is 7.42. The van der Waals surface area contributed by atoms with Crippen molar-refractivity contribution in [2.75, 3.05) is 7.11 Å². The van der Waals surface area contributed by atoms with Gasteiger partial charge in [0.1, 0.15) is 0 Å². The van der Waals surface area contributed by atoms with E-state index in [1.54, 1.807) is 3.62 Å². The van der Waals surface area contributed by atoms with Gasteiger partial charge in [0.2, 0.25) is 0 Å². The first-order valence-electron chi connectivity index (χ1n) is 5.53. The van der Waals surface area contributed by atoms with E-state index >= 15 is 0 Å². The molecule has 0 saturated heterocycles. The molecule has 1 unspecified atom stereocenters. The first kappa shape index (κ1) is 12.2. The molecular weight excluding hydrogens is 312 g/mol. The molecule has 0 bridgehead atoms. The Balaban J connectivity index is 2.47. The number of fused-ring (bicyclic) bond motifs is 1. The zero-order chi connectivity index (χ0) is 11.8. The van der Waals surface area contributed by atoms with Gasteiger partial charge in [-0.3, -0.25) is 0 Å². The Morgan fingerprint density at radius 3 is 2.50 bits per heavy atom. The normalized spacial score (nSPS) is 20.2. The zero-order valence-corrected chi connectivity index (χ0v) is 12.6. The van der Waals surface area contributed by atoms with Crippen molar-refractivity contribution in [3.05, 3.63) is 39.0 Å². The molecule has 0 spiro atoms. The van der Waals surface area contributed by atoms with E-state index in [2.05, 4.69) is 51.1 Å². The van der Waals surface area contributed by atoms with Crippen LogP contribution in [0.5, 0.6) is 0 Å². The van der Waals surface area contributed by atoms with Crippen LogP contribution in [0.3, 0.4) is 0 Å². The number of benzene rings is 1. The third-order valence-electron chi connectivity index (χ3n) is 2.72. The standard InChI is InChI=1S/C14H18OTe/c1-14(2,3)12-9-10-7-5-6-8-11(10)13(15-4)16-12/h5-9,13H,1-4H3. The van der Waals surface area contributed by atoms with Crippen molar-refractivity contribution in [1.82, 2.24) is 0 Å². The fourth-order valence-corrected chi connectivity index (χ4v) is 5.25. The minimum absolute atomic E-state index is 0.251. The van der Waals surface area contributed by atoms with Gasteiger partial charge in [0.05, 0.1) is 0 Å². The van der Waals surface area contributed by atoms with E-state index in [9.17, 15) is 0 Å². The van der Waals surface area contributed by atoms with Crippen LogP contribution in [0.25, 0.3) is 6.08 Å². The van der Waals surface area contributed by atoms with Crippen LogP contribution >= 0.6 is 0 Å². The van der Waals surface area contributed by atoms with Crippen molar-refractivity contribution in [2.45, 2.75) is 24.9 Å². The second-order valence-corrected chi connectivity index (χ2v) is 8.22. The summed E-state index contributed by atoms with van der Waals surface area (Å²) < 4.78 is 7.61. The summed E-state index contributed by atoms with van der Waals surface area (Å²) in [6.45, 7) is 6.89. The van der Waals surface area contributed by atoms with Crippen LogP contribution in [0.15, 0.2) is 27.9 Å². The summed E-state index contributed by atoms with van der Waals surface area (Å²) in [5.74, 6) is 0. The van der Waals surface area contributed by atoms with Gasteiger partial charge >= 0.3 is 108 Å². The first-order chi connectivity index (χ1) is 7.52. The molecule has 0 amide bonds. The van der Waals surface area contributed by atoms with Crippen molar-refractivity contribution >= 4 is 27.0 Å². The molecule has 1 aromatic carbocycles. The SMILES string of the molecule is COC1[Te]C(C(C)(C)C)=Cc2ccccc21. The first-order valence-corrected chi connectivity index (χ1v) is 8.04. The second kappa shape index (κ2) is 4.53. The molecule has 86 valence electrons. The number of allylic oxidation sites excluding steroid dienone is 1. The van der Waals surface area contributed by atoms with Gasteiger partial charge in [0, 0.05) is 0 Å². The molecule has 2 rings (SSSR count). The van der Waals surface area contributed by atoms with Gasteiger partial charge in [-0.25, -0.2) is 0 Å². The van der Waals surface area contributed by atoms with Crippen LogP contribution in [0, 0.1) is 5.41 Å². The summed E-state index contributed by atoms with van der Waals surface area (Å²) in [7, 11) is 1.83. The Kier molecular flexibility index (Phi) is 3.45. The monoisotopic (exact) mass is 332 g/mol. The van der Waals surface area contributed by atoms with Crippen molar-refractivity contribution in [3.63, 3.8) is 0 Å². The zero-order valence-electron chi connectivity index (χ0n) is 10.3. The average Bonchev–Trinajstić information content (AvgIpc) is 2.26. The van der Waals surface area contributed by atoms with Crippen molar-refractivity contribution in [1.29, 1.82) is 0 Å². The molecule has 0 aliphatic carbocycles. The summed E-state index contributed by atoms with van der Waals surface area (Å²) >= 11 is -0.251. The number of hydrogen-bond donors (Lipinski definition) is 0. The van der Waals surface area contributed by atoms with Gasteiger partial charge in [-0.1, -0.05) is 0 Å². The van der Waals surface area contributed by atoms with Crippen molar-refractivity contribution in [3.8, 4) is 0 Å². The van der Waals surface area contributed by atoms with Gasteiger partial charge in [-0.15, -0.1) is 0 Å². The van der Waals surface area contributed by atoms with E-state index in [0.29, 0.717) is 4.15 Å². The summed E-state index contributed by atoms with van der Waals surface area (Å²) in [4.78, 5) is 0. The molecule has 0 N–H and O–H groups in total. The summed E-state index contributed by atoms with van der Waals surface area (Å²) in [5.41, 5.74) is 3.00. The van der Waals surface area contributed by atoms with Crippen LogP contribution in [0.1, 0.15) is 36.1 Å². The molecule has 1 aliphatic heterocycles. The Morgan fingerprint density at radius 1 is 1.19 bits per heavy atom. The summed E-state index contributed by atoms with van der Waals surface area (Å²) in [6, 6.07) is 8.60. The quantitative estimate of drug-likeness (QED) is 0.717. The van der Waals surface area contributed by atoms with Crippen LogP contribution in [-0.2, 0) is 4.74 Å². The maximum absolute atomic E-state index is 5.66. The van der Waals surface area contributed by atoms with E-state index in [1.165, 1.54) is 11.1 Å². The van der Waals surface area contributed by atoms with Crippen LogP contribution in [-0.4, -0.2) is 28.0 Å². The Morgan fingerprint density at radius 2 is 1.88 bits per heavy atom. The maximum atomic E-state index is 5.66. The molecule has 16 heavy (non-hydrogen) atoms. The molecule has 0 aromatic heterocycles. The Hall–Kier alpha value is -0.290. The molecular formula is C14H18OTe. The molecule has 1 atom stereocenters. The Labute approximate surface area is 108 Å². The third kappa shape index (κ3) is 2.35. The van der Waals surface area contributed by atoms with E-state index in [0.717, 1.165) is 0 Å². The number of hydrogen-bond acceptors (Lipinski definition) is 1. The predicted molar refractivity (Wildman–Crippen MR) is 69.4 cm³/mol. The van der Waals surface area contributed by atoms with E-state index in [-0.39, 0.29) is 26.3 Å². The average molecular weight is 330 g/mol. The molecule has 1 nitrogen and oxygen atoms in total. The van der Waals surface area contributed by atoms with E-state index < -0.39 is 0 Å². The fraction of sp³-hybridized carbons (Fsp3) is 0.429. The summed E-state index contributed by atoms with van der Waals surface area (Å²) in [6.07, 6.45) is 2.38. The van der Waals surface area contributed by atoms with Gasteiger partial charge in [0.25, 0.3) is 0 Å². The predicted octanol–water partition coefficient (Wildman–Crippen LogP) is 3.44. The summed E-state index contributed by atoms with van der Waals surface area (Å²) in [5, 5.41) is 0. The topological polar surface area (TPSA) is 9.23 Å². The Bertz CT molecular complexity index is 415. The van der Waals surface area contributed by atoms with Crippen molar-refractivity contribution < 1.29 is 4.74 Å². The molecule has 0 saturated carbocycles. The van der Waals surface area contributed by atoms with Crippen LogP contribution < -0.4 is 0 Å². The van der Waals surface area contributed by atoms with Crippen LogP contribution in [0.4, 0.5) is 0 Å². The fourth-order valence-electron chi connectivity index (χ4n) is 1.78.